The van der Waals surface area contributed by atoms with E-state index in [0.29, 0.717) is 0 Å². The fraction of sp³-hybridized carbons (Fsp3) is 0.368. The summed E-state index contributed by atoms with van der Waals surface area (Å²) in [5.41, 5.74) is 6.64. The molecule has 2 aromatic carbocycles. The van der Waals surface area contributed by atoms with Crippen molar-refractivity contribution in [3.63, 3.8) is 0 Å². The standard InChI is InChI=1S/C19H26N2/c1-5-20-13-18-10-11-19(16(3)12-18)21(4)14-17-8-6-15(2)7-9-17/h6-12,20H,5,13-14H2,1-4H3. The lowest BCUT2D eigenvalue weighted by Gasteiger charge is -2.22. The van der Waals surface area contributed by atoms with Crippen molar-refractivity contribution in [1.29, 1.82) is 0 Å². The summed E-state index contributed by atoms with van der Waals surface area (Å²) in [6, 6.07) is 15.5. The number of aryl methyl sites for hydroxylation is 2. The number of nitrogens with zero attached hydrogens (tertiary/aromatic N) is 1. The van der Waals surface area contributed by atoms with Gasteiger partial charge in [-0.2, -0.15) is 0 Å². The Kier molecular flexibility index (Phi) is 5.40. The van der Waals surface area contributed by atoms with Crippen LogP contribution < -0.4 is 10.2 Å². The van der Waals surface area contributed by atoms with Crippen molar-refractivity contribution in [3.05, 3.63) is 64.7 Å². The molecule has 0 aliphatic heterocycles. The Labute approximate surface area is 128 Å². The van der Waals surface area contributed by atoms with Gasteiger partial charge in [0.15, 0.2) is 0 Å². The van der Waals surface area contributed by atoms with E-state index in [1.807, 2.05) is 0 Å². The molecule has 0 amide bonds. The Bertz CT molecular complexity index is 573. The fourth-order valence-electron chi connectivity index (χ4n) is 2.58. The van der Waals surface area contributed by atoms with E-state index < -0.39 is 0 Å². The van der Waals surface area contributed by atoms with Crippen molar-refractivity contribution >= 4 is 5.69 Å². The number of anilines is 1. The molecular formula is C19H26N2. The molecule has 0 aromatic heterocycles. The van der Waals surface area contributed by atoms with E-state index in [9.17, 15) is 0 Å². The summed E-state index contributed by atoms with van der Waals surface area (Å²) < 4.78 is 0. The van der Waals surface area contributed by atoms with Crippen molar-refractivity contribution in [3.8, 4) is 0 Å². The zero-order valence-corrected chi connectivity index (χ0v) is 13.6. The molecule has 2 aromatic rings. The zero-order chi connectivity index (χ0) is 15.2. The molecule has 0 bridgehead atoms. The van der Waals surface area contributed by atoms with Crippen molar-refractivity contribution in [2.75, 3.05) is 18.5 Å². The van der Waals surface area contributed by atoms with Gasteiger partial charge in [0.25, 0.3) is 0 Å². The molecule has 0 unspecified atom stereocenters. The van der Waals surface area contributed by atoms with Gasteiger partial charge in [0.2, 0.25) is 0 Å². The topological polar surface area (TPSA) is 15.3 Å². The van der Waals surface area contributed by atoms with Crippen molar-refractivity contribution in [2.24, 2.45) is 0 Å². The third kappa shape index (κ3) is 4.33. The Balaban J connectivity index is 2.08. The third-order valence-corrected chi connectivity index (χ3v) is 3.79. The van der Waals surface area contributed by atoms with Crippen LogP contribution in [0.3, 0.4) is 0 Å². The van der Waals surface area contributed by atoms with Crippen LogP contribution in [-0.4, -0.2) is 13.6 Å². The largest absolute Gasteiger partial charge is 0.370 e. The normalized spacial score (nSPS) is 10.7. The average molecular weight is 282 g/mol. The van der Waals surface area contributed by atoms with E-state index in [4.69, 9.17) is 0 Å². The maximum absolute atomic E-state index is 3.37. The van der Waals surface area contributed by atoms with Crippen LogP contribution in [-0.2, 0) is 13.1 Å². The van der Waals surface area contributed by atoms with Crippen LogP contribution in [0.15, 0.2) is 42.5 Å². The van der Waals surface area contributed by atoms with Crippen LogP contribution in [0.25, 0.3) is 0 Å². The quantitative estimate of drug-likeness (QED) is 0.860. The molecule has 0 aliphatic carbocycles. The summed E-state index contributed by atoms with van der Waals surface area (Å²) in [5.74, 6) is 0. The summed E-state index contributed by atoms with van der Waals surface area (Å²) in [4.78, 5) is 2.32. The molecule has 0 radical (unpaired) electrons. The van der Waals surface area contributed by atoms with E-state index in [-0.39, 0.29) is 0 Å². The second-order valence-electron chi connectivity index (χ2n) is 5.74. The number of rotatable bonds is 6. The first-order chi connectivity index (χ1) is 10.1. The molecule has 0 fully saturated rings. The molecule has 0 heterocycles. The molecule has 2 nitrogen and oxygen atoms in total. The fourth-order valence-corrected chi connectivity index (χ4v) is 2.58. The van der Waals surface area contributed by atoms with Gasteiger partial charge in [-0.15, -0.1) is 0 Å². The predicted molar refractivity (Wildman–Crippen MR) is 91.8 cm³/mol. The summed E-state index contributed by atoms with van der Waals surface area (Å²) in [6.07, 6.45) is 0. The lowest BCUT2D eigenvalue weighted by Crippen LogP contribution is -2.18. The molecule has 0 saturated carbocycles. The molecule has 21 heavy (non-hydrogen) atoms. The average Bonchev–Trinajstić information content (AvgIpc) is 2.47. The lowest BCUT2D eigenvalue weighted by molar-refractivity contribution is 0.726. The van der Waals surface area contributed by atoms with Gasteiger partial charge in [0, 0.05) is 25.8 Å². The lowest BCUT2D eigenvalue weighted by atomic mass is 10.1. The molecule has 0 aliphatic rings. The van der Waals surface area contributed by atoms with Crippen molar-refractivity contribution < 1.29 is 0 Å². The van der Waals surface area contributed by atoms with E-state index in [1.165, 1.54) is 27.9 Å². The van der Waals surface area contributed by atoms with Gasteiger partial charge in [-0.05, 0) is 43.1 Å². The maximum Gasteiger partial charge on any atom is 0.0426 e. The Morgan fingerprint density at radius 3 is 2.24 bits per heavy atom. The first-order valence-corrected chi connectivity index (χ1v) is 7.67. The molecule has 0 atom stereocenters. The Morgan fingerprint density at radius 2 is 1.62 bits per heavy atom. The predicted octanol–water partition coefficient (Wildman–Crippen LogP) is 4.05. The van der Waals surface area contributed by atoms with Gasteiger partial charge in [0.1, 0.15) is 0 Å². The monoisotopic (exact) mass is 282 g/mol. The minimum absolute atomic E-state index is 0.938. The number of nitrogens with one attached hydrogen (secondary N) is 1. The van der Waals surface area contributed by atoms with E-state index >= 15 is 0 Å². The SMILES string of the molecule is CCNCc1ccc(N(C)Cc2ccc(C)cc2)c(C)c1. The Hall–Kier alpha value is -1.80. The second-order valence-corrected chi connectivity index (χ2v) is 5.74. The second kappa shape index (κ2) is 7.28. The van der Waals surface area contributed by atoms with Crippen LogP contribution in [0.5, 0.6) is 0 Å². The van der Waals surface area contributed by atoms with Crippen molar-refractivity contribution in [2.45, 2.75) is 33.9 Å². The van der Waals surface area contributed by atoms with Crippen molar-refractivity contribution in [1.82, 2.24) is 5.32 Å². The van der Waals surface area contributed by atoms with Crippen LogP contribution >= 0.6 is 0 Å². The number of benzene rings is 2. The van der Waals surface area contributed by atoms with Gasteiger partial charge in [-0.25, -0.2) is 0 Å². The van der Waals surface area contributed by atoms with Gasteiger partial charge >= 0.3 is 0 Å². The highest BCUT2D eigenvalue weighted by Gasteiger charge is 2.06. The molecule has 112 valence electrons. The maximum atomic E-state index is 3.37. The smallest absolute Gasteiger partial charge is 0.0426 e. The van der Waals surface area contributed by atoms with Crippen LogP contribution in [0, 0.1) is 13.8 Å². The number of hydrogen-bond acceptors (Lipinski definition) is 2. The van der Waals surface area contributed by atoms with Gasteiger partial charge in [-0.3, -0.25) is 0 Å². The molecule has 2 rings (SSSR count). The van der Waals surface area contributed by atoms with Crippen LogP contribution in [0.4, 0.5) is 5.69 Å². The van der Waals surface area contributed by atoms with E-state index in [2.05, 4.69) is 80.5 Å². The number of hydrogen-bond donors (Lipinski definition) is 1. The minimum Gasteiger partial charge on any atom is -0.370 e. The summed E-state index contributed by atoms with van der Waals surface area (Å²) >= 11 is 0. The molecule has 0 saturated heterocycles. The molecule has 1 N–H and O–H groups in total. The highest BCUT2D eigenvalue weighted by molar-refractivity contribution is 5.54. The summed E-state index contributed by atoms with van der Waals surface area (Å²) in [5, 5.41) is 3.37. The highest BCUT2D eigenvalue weighted by Crippen LogP contribution is 2.22. The van der Waals surface area contributed by atoms with Gasteiger partial charge in [-0.1, -0.05) is 48.9 Å². The third-order valence-electron chi connectivity index (χ3n) is 3.79. The van der Waals surface area contributed by atoms with E-state index in [0.717, 1.165) is 19.6 Å². The first-order valence-electron chi connectivity index (χ1n) is 7.67. The molecule has 2 heteroatoms. The highest BCUT2D eigenvalue weighted by atomic mass is 15.1. The van der Waals surface area contributed by atoms with Gasteiger partial charge in [0.05, 0.1) is 0 Å². The molecule has 0 spiro atoms. The van der Waals surface area contributed by atoms with E-state index in [1.54, 1.807) is 0 Å². The first kappa shape index (κ1) is 15.6. The Morgan fingerprint density at radius 1 is 0.952 bits per heavy atom. The minimum atomic E-state index is 0.938. The summed E-state index contributed by atoms with van der Waals surface area (Å²) in [7, 11) is 2.16. The molecular weight excluding hydrogens is 256 g/mol. The zero-order valence-electron chi connectivity index (χ0n) is 13.6. The van der Waals surface area contributed by atoms with Crippen LogP contribution in [0.2, 0.25) is 0 Å². The summed E-state index contributed by atoms with van der Waals surface area (Å²) in [6.45, 7) is 9.34. The van der Waals surface area contributed by atoms with Gasteiger partial charge < -0.3 is 10.2 Å². The van der Waals surface area contributed by atoms with Crippen LogP contribution in [0.1, 0.15) is 29.2 Å².